The van der Waals surface area contributed by atoms with Crippen molar-refractivity contribution in [1.29, 1.82) is 0 Å². The number of benzene rings is 4. The van der Waals surface area contributed by atoms with Crippen LogP contribution in [0.1, 0.15) is 36.1 Å². The number of anilines is 1. The Balaban J connectivity index is 1.83. The van der Waals surface area contributed by atoms with Gasteiger partial charge in [0.2, 0.25) is 11.8 Å². The van der Waals surface area contributed by atoms with Crippen LogP contribution in [0.5, 0.6) is 0 Å². The molecule has 46 heavy (non-hydrogen) atoms. The molecular weight excluding hydrogens is 641 g/mol. The Hall–Kier alpha value is -3.85. The molecule has 0 aliphatic heterocycles. The molecule has 242 valence electrons. The molecule has 4 rings (SSSR count). The van der Waals surface area contributed by atoms with Gasteiger partial charge in [0.05, 0.1) is 10.6 Å². The Kier molecular flexibility index (Phi) is 11.9. The van der Waals surface area contributed by atoms with E-state index in [4.69, 9.17) is 23.2 Å². The lowest BCUT2D eigenvalue weighted by molar-refractivity contribution is -0.140. The summed E-state index contributed by atoms with van der Waals surface area (Å²) in [4.78, 5) is 29.9. The van der Waals surface area contributed by atoms with E-state index >= 15 is 0 Å². The van der Waals surface area contributed by atoms with Crippen molar-refractivity contribution in [3.63, 3.8) is 0 Å². The Morgan fingerprint density at radius 2 is 1.48 bits per heavy atom. The molecule has 0 radical (unpaired) electrons. The van der Waals surface area contributed by atoms with Crippen LogP contribution in [-0.2, 0) is 32.6 Å². The van der Waals surface area contributed by atoms with Crippen molar-refractivity contribution >= 4 is 50.7 Å². The molecule has 4 aromatic rings. The fourth-order valence-electron chi connectivity index (χ4n) is 4.94. The number of rotatable bonds is 13. The number of nitrogens with zero attached hydrogens (tertiary/aromatic N) is 2. The number of carbonyl (C=O) groups is 2. The van der Waals surface area contributed by atoms with Gasteiger partial charge in [0, 0.05) is 29.6 Å². The number of hydrogen-bond acceptors (Lipinski definition) is 4. The quantitative estimate of drug-likeness (QED) is 0.162. The minimum Gasteiger partial charge on any atom is -0.354 e. The van der Waals surface area contributed by atoms with Gasteiger partial charge in [0.1, 0.15) is 12.6 Å². The summed E-state index contributed by atoms with van der Waals surface area (Å²) in [7, 11) is -4.18. The van der Waals surface area contributed by atoms with Gasteiger partial charge >= 0.3 is 0 Å². The zero-order valence-corrected chi connectivity index (χ0v) is 28.7. The number of amides is 2. The molecule has 1 atom stereocenters. The van der Waals surface area contributed by atoms with Gasteiger partial charge in [-0.1, -0.05) is 97.7 Å². The van der Waals surface area contributed by atoms with Gasteiger partial charge in [-0.25, -0.2) is 8.42 Å². The average molecular weight is 681 g/mol. The van der Waals surface area contributed by atoms with Gasteiger partial charge < -0.3 is 10.2 Å². The predicted octanol–water partition coefficient (Wildman–Crippen LogP) is 7.22. The van der Waals surface area contributed by atoms with Gasteiger partial charge in [0.15, 0.2) is 0 Å². The van der Waals surface area contributed by atoms with Crippen LogP contribution in [0.4, 0.5) is 5.69 Å². The second-order valence-corrected chi connectivity index (χ2v) is 14.4. The van der Waals surface area contributed by atoms with Crippen molar-refractivity contribution in [2.75, 3.05) is 17.4 Å². The molecule has 0 fully saturated rings. The molecule has 0 heterocycles. The Morgan fingerprint density at radius 1 is 0.826 bits per heavy atom. The van der Waals surface area contributed by atoms with Crippen molar-refractivity contribution in [2.24, 2.45) is 5.92 Å². The van der Waals surface area contributed by atoms with E-state index in [0.29, 0.717) is 27.8 Å². The van der Waals surface area contributed by atoms with Crippen molar-refractivity contribution in [1.82, 2.24) is 10.2 Å². The lowest BCUT2D eigenvalue weighted by atomic mass is 10.0. The monoisotopic (exact) mass is 679 g/mol. The first-order chi connectivity index (χ1) is 21.9. The van der Waals surface area contributed by atoms with E-state index in [0.717, 1.165) is 21.0 Å². The second-order valence-electron chi connectivity index (χ2n) is 11.7. The Morgan fingerprint density at radius 3 is 2.09 bits per heavy atom. The van der Waals surface area contributed by atoms with Crippen molar-refractivity contribution < 1.29 is 18.0 Å². The molecule has 0 aliphatic carbocycles. The zero-order chi connectivity index (χ0) is 33.4. The third-order valence-electron chi connectivity index (χ3n) is 7.70. The molecule has 0 saturated carbocycles. The minimum absolute atomic E-state index is 0.0452. The first kappa shape index (κ1) is 35.0. The molecule has 0 unspecified atom stereocenters. The van der Waals surface area contributed by atoms with Crippen LogP contribution in [0.3, 0.4) is 0 Å². The SMILES string of the molecule is Cc1ccc(N(CC(=O)N(Cc2ccc(Cl)cc2Cl)[C@H](Cc2ccccc2)C(=O)NCC(C)C)S(=O)(=O)c2ccccc2)cc1C. The normalized spacial score (nSPS) is 12.1. The van der Waals surface area contributed by atoms with Crippen molar-refractivity contribution in [3.05, 3.63) is 129 Å². The van der Waals surface area contributed by atoms with E-state index in [9.17, 15) is 18.0 Å². The predicted molar refractivity (Wildman–Crippen MR) is 186 cm³/mol. The molecule has 0 aliphatic rings. The number of carbonyl (C=O) groups excluding carboxylic acids is 2. The lowest BCUT2D eigenvalue weighted by Crippen LogP contribution is -2.53. The molecule has 7 nitrogen and oxygen atoms in total. The summed E-state index contributed by atoms with van der Waals surface area (Å²) in [5.41, 5.74) is 3.61. The first-order valence-corrected chi connectivity index (χ1v) is 17.3. The minimum atomic E-state index is -4.18. The molecule has 10 heteroatoms. The maximum Gasteiger partial charge on any atom is 0.264 e. The maximum atomic E-state index is 14.6. The van der Waals surface area contributed by atoms with E-state index in [1.54, 1.807) is 48.5 Å². The molecule has 4 aromatic carbocycles. The third-order valence-corrected chi connectivity index (χ3v) is 10.1. The van der Waals surface area contributed by atoms with E-state index in [-0.39, 0.29) is 29.7 Å². The van der Waals surface area contributed by atoms with E-state index < -0.39 is 28.5 Å². The summed E-state index contributed by atoms with van der Waals surface area (Å²) in [5, 5.41) is 3.74. The molecule has 0 aromatic heterocycles. The summed E-state index contributed by atoms with van der Waals surface area (Å²) >= 11 is 12.8. The van der Waals surface area contributed by atoms with Crippen LogP contribution in [0, 0.1) is 19.8 Å². The highest BCUT2D eigenvalue weighted by Crippen LogP contribution is 2.28. The highest BCUT2D eigenvalue weighted by molar-refractivity contribution is 7.92. The van der Waals surface area contributed by atoms with Crippen LogP contribution >= 0.6 is 23.2 Å². The number of halogens is 2. The van der Waals surface area contributed by atoms with Gasteiger partial charge in [-0.05, 0) is 78.4 Å². The maximum absolute atomic E-state index is 14.6. The third kappa shape index (κ3) is 8.90. The number of aryl methyl sites for hydroxylation is 2. The van der Waals surface area contributed by atoms with Crippen LogP contribution < -0.4 is 9.62 Å². The highest BCUT2D eigenvalue weighted by Gasteiger charge is 2.35. The molecule has 2 amide bonds. The van der Waals surface area contributed by atoms with Gasteiger partial charge in [-0.3, -0.25) is 13.9 Å². The first-order valence-electron chi connectivity index (χ1n) is 15.1. The highest BCUT2D eigenvalue weighted by atomic mass is 35.5. The van der Waals surface area contributed by atoms with Gasteiger partial charge in [-0.15, -0.1) is 0 Å². The number of sulfonamides is 1. The average Bonchev–Trinajstić information content (AvgIpc) is 3.03. The van der Waals surface area contributed by atoms with Crippen molar-refractivity contribution in [3.8, 4) is 0 Å². The van der Waals surface area contributed by atoms with E-state index in [1.807, 2.05) is 64.1 Å². The van der Waals surface area contributed by atoms with E-state index in [2.05, 4.69) is 5.32 Å². The number of nitrogens with one attached hydrogen (secondary N) is 1. The Labute approximate surface area is 282 Å². The van der Waals surface area contributed by atoms with Crippen LogP contribution in [-0.4, -0.2) is 44.3 Å². The summed E-state index contributed by atoms with van der Waals surface area (Å²) in [6.45, 7) is 7.60. The lowest BCUT2D eigenvalue weighted by Gasteiger charge is -2.34. The standard InChI is InChI=1S/C36H39Cl2N3O4S/c1-25(2)22-39-36(43)34(20-28-11-7-5-8-12-28)40(23-29-16-17-30(37)21-33(29)38)35(42)24-41(31-18-15-26(3)27(4)19-31)46(44,45)32-13-9-6-10-14-32/h5-19,21,25,34H,20,22-24H2,1-4H3,(H,39,43)/t34-/m1/s1. The fraction of sp³-hybridized carbons (Fsp3) is 0.278. The fourth-order valence-corrected chi connectivity index (χ4v) is 6.83. The molecular formula is C36H39Cl2N3O4S. The van der Waals surface area contributed by atoms with Gasteiger partial charge in [0.25, 0.3) is 10.0 Å². The zero-order valence-electron chi connectivity index (χ0n) is 26.4. The molecule has 0 saturated heterocycles. The second kappa shape index (κ2) is 15.6. The summed E-state index contributed by atoms with van der Waals surface area (Å²) in [6, 6.07) is 26.6. The summed E-state index contributed by atoms with van der Waals surface area (Å²) in [6.07, 6.45) is 0.205. The summed E-state index contributed by atoms with van der Waals surface area (Å²) in [5.74, 6) is -0.739. The molecule has 0 spiro atoms. The van der Waals surface area contributed by atoms with E-state index in [1.165, 1.54) is 17.0 Å². The molecule has 1 N–H and O–H groups in total. The molecule has 0 bridgehead atoms. The van der Waals surface area contributed by atoms with Gasteiger partial charge in [-0.2, -0.15) is 0 Å². The Bertz CT molecular complexity index is 1770. The number of hydrogen-bond donors (Lipinski definition) is 1. The topological polar surface area (TPSA) is 86.8 Å². The van der Waals surface area contributed by atoms with Crippen LogP contribution in [0.25, 0.3) is 0 Å². The smallest absolute Gasteiger partial charge is 0.264 e. The largest absolute Gasteiger partial charge is 0.354 e. The van der Waals surface area contributed by atoms with Crippen molar-refractivity contribution in [2.45, 2.75) is 51.6 Å². The van der Waals surface area contributed by atoms with Crippen LogP contribution in [0.15, 0.2) is 102 Å². The summed E-state index contributed by atoms with van der Waals surface area (Å²) < 4.78 is 29.4. The van der Waals surface area contributed by atoms with Crippen LogP contribution in [0.2, 0.25) is 10.0 Å².